The van der Waals surface area contributed by atoms with Crippen molar-refractivity contribution in [2.45, 2.75) is 24.3 Å². The summed E-state index contributed by atoms with van der Waals surface area (Å²) in [5, 5.41) is 1.56. The van der Waals surface area contributed by atoms with Gasteiger partial charge in [-0.15, -0.1) is 0 Å². The van der Waals surface area contributed by atoms with Crippen molar-refractivity contribution in [2.24, 2.45) is 0 Å². The molecule has 0 aromatic heterocycles. The number of fused-ring (bicyclic) bond motifs is 1. The van der Waals surface area contributed by atoms with Crippen molar-refractivity contribution in [2.75, 3.05) is 20.2 Å². The largest absolute Gasteiger partial charge is 0.297 e. The Hall–Kier alpha value is -1.44. The number of hydroxylamine groups is 2. The van der Waals surface area contributed by atoms with Gasteiger partial charge in [0.1, 0.15) is 5.25 Å². The van der Waals surface area contributed by atoms with Gasteiger partial charge in [-0.1, -0.05) is 48.0 Å². The van der Waals surface area contributed by atoms with E-state index in [2.05, 4.69) is 6.07 Å². The predicted octanol–water partition coefficient (Wildman–Crippen LogP) is 3.01. The van der Waals surface area contributed by atoms with Crippen LogP contribution >= 0.6 is 11.6 Å². The molecule has 0 saturated carbocycles. The molecule has 0 spiro atoms. The molecule has 1 fully saturated rings. The Bertz CT molecular complexity index is 919. The van der Waals surface area contributed by atoms with Gasteiger partial charge in [-0.3, -0.25) is 4.84 Å². The summed E-state index contributed by atoms with van der Waals surface area (Å²) in [7, 11) is -1.75. The molecule has 0 bridgehead atoms. The molecule has 2 aliphatic rings. The average molecular weight is 393 g/mol. The van der Waals surface area contributed by atoms with E-state index >= 15 is 0 Å². The molecule has 0 aliphatic carbocycles. The molecule has 2 aliphatic heterocycles. The summed E-state index contributed by atoms with van der Waals surface area (Å²) in [5.41, 5.74) is 3.16. The van der Waals surface area contributed by atoms with Crippen LogP contribution in [0.3, 0.4) is 0 Å². The van der Waals surface area contributed by atoms with Gasteiger partial charge < -0.3 is 0 Å². The molecular weight excluding hydrogens is 372 g/mol. The molecule has 2 atom stereocenters. The van der Waals surface area contributed by atoms with Gasteiger partial charge in [0, 0.05) is 25.2 Å². The van der Waals surface area contributed by atoms with Crippen LogP contribution in [0.1, 0.15) is 22.7 Å². The van der Waals surface area contributed by atoms with Crippen LogP contribution in [-0.4, -0.2) is 43.2 Å². The standard InChI is InChI=1S/C19H21ClN2O3S/c1-21-19(15-7-4-8-17(20)11-15)18(13-25-21)26(23,24)22-10-9-14-5-2-3-6-16(14)12-22/h2-8,11,18-19H,9-10,12-13H2,1H3. The first-order valence-corrected chi connectivity index (χ1v) is 10.5. The quantitative estimate of drug-likeness (QED) is 0.805. The van der Waals surface area contributed by atoms with Crippen molar-refractivity contribution in [1.29, 1.82) is 0 Å². The van der Waals surface area contributed by atoms with E-state index in [0.29, 0.717) is 18.1 Å². The molecule has 4 rings (SSSR count). The number of hydrogen-bond acceptors (Lipinski definition) is 4. The molecular formula is C19H21ClN2O3S. The summed E-state index contributed by atoms with van der Waals surface area (Å²) in [4.78, 5) is 5.60. The summed E-state index contributed by atoms with van der Waals surface area (Å²) >= 11 is 6.12. The minimum Gasteiger partial charge on any atom is -0.297 e. The first-order valence-electron chi connectivity index (χ1n) is 8.64. The van der Waals surface area contributed by atoms with Gasteiger partial charge in [0.15, 0.2) is 0 Å². The number of benzene rings is 2. The predicted molar refractivity (Wildman–Crippen MR) is 101 cm³/mol. The van der Waals surface area contributed by atoms with Gasteiger partial charge in [0.2, 0.25) is 10.0 Å². The molecule has 5 nitrogen and oxygen atoms in total. The Balaban J connectivity index is 1.65. The van der Waals surface area contributed by atoms with Crippen LogP contribution in [0.25, 0.3) is 0 Å². The molecule has 0 radical (unpaired) electrons. The van der Waals surface area contributed by atoms with E-state index in [0.717, 1.165) is 17.5 Å². The lowest BCUT2D eigenvalue weighted by molar-refractivity contribution is -0.110. The summed E-state index contributed by atoms with van der Waals surface area (Å²) in [6, 6.07) is 15.0. The Morgan fingerprint density at radius 2 is 1.88 bits per heavy atom. The molecule has 1 saturated heterocycles. The van der Waals surface area contributed by atoms with Crippen molar-refractivity contribution in [3.63, 3.8) is 0 Å². The number of halogens is 1. The fourth-order valence-corrected chi connectivity index (χ4v) is 5.97. The van der Waals surface area contributed by atoms with Gasteiger partial charge >= 0.3 is 0 Å². The van der Waals surface area contributed by atoms with Gasteiger partial charge in [-0.25, -0.2) is 8.42 Å². The zero-order valence-electron chi connectivity index (χ0n) is 14.5. The maximum absolute atomic E-state index is 13.4. The summed E-state index contributed by atoms with van der Waals surface area (Å²) in [6.07, 6.45) is 0.737. The topological polar surface area (TPSA) is 49.9 Å². The lowest BCUT2D eigenvalue weighted by Crippen LogP contribution is -2.44. The molecule has 2 aromatic carbocycles. The monoisotopic (exact) mass is 392 g/mol. The minimum absolute atomic E-state index is 0.147. The lowest BCUT2D eigenvalue weighted by atomic mass is 10.0. The highest BCUT2D eigenvalue weighted by Gasteiger charge is 2.46. The van der Waals surface area contributed by atoms with Crippen LogP contribution < -0.4 is 0 Å². The third-order valence-corrected chi connectivity index (χ3v) is 7.64. The van der Waals surface area contributed by atoms with Crippen molar-refractivity contribution in [1.82, 2.24) is 9.37 Å². The van der Waals surface area contributed by atoms with Crippen LogP contribution in [0, 0.1) is 0 Å². The van der Waals surface area contributed by atoms with Gasteiger partial charge in [-0.2, -0.15) is 9.37 Å². The maximum Gasteiger partial charge on any atom is 0.221 e. The van der Waals surface area contributed by atoms with Gasteiger partial charge in [-0.05, 0) is 35.2 Å². The Labute approximate surface area is 159 Å². The maximum atomic E-state index is 13.4. The normalized spacial score (nSPS) is 24.5. The smallest absolute Gasteiger partial charge is 0.221 e. The van der Waals surface area contributed by atoms with Gasteiger partial charge in [0.05, 0.1) is 12.6 Å². The first-order chi connectivity index (χ1) is 12.5. The zero-order chi connectivity index (χ0) is 18.3. The molecule has 2 unspecified atom stereocenters. The van der Waals surface area contributed by atoms with E-state index < -0.39 is 15.3 Å². The third-order valence-electron chi connectivity index (χ3n) is 5.21. The fraction of sp³-hybridized carbons (Fsp3) is 0.368. The van der Waals surface area contributed by atoms with Crippen LogP contribution in [0.5, 0.6) is 0 Å². The Morgan fingerprint density at radius 1 is 1.12 bits per heavy atom. The average Bonchev–Trinajstić information content (AvgIpc) is 3.03. The molecule has 26 heavy (non-hydrogen) atoms. The Morgan fingerprint density at radius 3 is 2.65 bits per heavy atom. The number of nitrogens with zero attached hydrogens (tertiary/aromatic N) is 2. The highest BCUT2D eigenvalue weighted by molar-refractivity contribution is 7.89. The van der Waals surface area contributed by atoms with Crippen molar-refractivity contribution in [3.05, 3.63) is 70.2 Å². The lowest BCUT2D eigenvalue weighted by Gasteiger charge is -2.32. The van der Waals surface area contributed by atoms with E-state index in [4.69, 9.17) is 16.4 Å². The molecule has 7 heteroatoms. The van der Waals surface area contributed by atoms with E-state index in [1.165, 1.54) is 5.56 Å². The SMILES string of the molecule is CN1OCC(S(=O)(=O)N2CCc3ccccc3C2)C1c1cccc(Cl)c1. The molecule has 2 heterocycles. The number of sulfonamides is 1. The Kier molecular flexibility index (Phi) is 4.79. The van der Waals surface area contributed by atoms with Crippen LogP contribution in [-0.2, 0) is 27.8 Å². The second-order valence-electron chi connectivity index (χ2n) is 6.78. The molecule has 0 amide bonds. The number of rotatable bonds is 3. The second kappa shape index (κ2) is 6.94. The third kappa shape index (κ3) is 3.17. The fourth-order valence-electron chi connectivity index (χ4n) is 3.84. The summed E-state index contributed by atoms with van der Waals surface area (Å²) in [6.45, 7) is 1.07. The van der Waals surface area contributed by atoms with Crippen molar-refractivity contribution in [3.8, 4) is 0 Å². The van der Waals surface area contributed by atoms with Crippen LogP contribution in [0.15, 0.2) is 48.5 Å². The summed E-state index contributed by atoms with van der Waals surface area (Å²) in [5.74, 6) is 0. The van der Waals surface area contributed by atoms with Crippen molar-refractivity contribution >= 4 is 21.6 Å². The van der Waals surface area contributed by atoms with E-state index in [9.17, 15) is 8.42 Å². The van der Waals surface area contributed by atoms with E-state index in [-0.39, 0.29) is 12.6 Å². The van der Waals surface area contributed by atoms with Crippen molar-refractivity contribution < 1.29 is 13.3 Å². The first kappa shape index (κ1) is 17.9. The van der Waals surface area contributed by atoms with Crippen LogP contribution in [0.2, 0.25) is 5.02 Å². The summed E-state index contributed by atoms with van der Waals surface area (Å²) < 4.78 is 28.4. The molecule has 2 aromatic rings. The van der Waals surface area contributed by atoms with Gasteiger partial charge in [0.25, 0.3) is 0 Å². The molecule has 0 N–H and O–H groups in total. The second-order valence-corrected chi connectivity index (χ2v) is 9.37. The highest BCUT2D eigenvalue weighted by atomic mass is 35.5. The van der Waals surface area contributed by atoms with Crippen LogP contribution in [0.4, 0.5) is 0 Å². The van der Waals surface area contributed by atoms with E-state index in [1.807, 2.05) is 36.4 Å². The zero-order valence-corrected chi connectivity index (χ0v) is 16.1. The van der Waals surface area contributed by atoms with E-state index in [1.54, 1.807) is 22.5 Å². The number of hydrogen-bond donors (Lipinski definition) is 0. The molecule has 138 valence electrons. The minimum atomic E-state index is -3.52. The highest BCUT2D eigenvalue weighted by Crippen LogP contribution is 2.37.